The van der Waals surface area contributed by atoms with Crippen molar-refractivity contribution in [2.45, 2.75) is 42.8 Å². The lowest BCUT2D eigenvalue weighted by Gasteiger charge is -2.22. The Morgan fingerprint density at radius 2 is 1.81 bits per heavy atom. The van der Waals surface area contributed by atoms with Crippen LogP contribution >= 0.6 is 0 Å². The zero-order valence-electron chi connectivity index (χ0n) is 17.7. The van der Waals surface area contributed by atoms with Crippen molar-refractivity contribution in [3.05, 3.63) is 72.3 Å². The van der Waals surface area contributed by atoms with Gasteiger partial charge in [-0.15, -0.1) is 0 Å². The number of carbonyl (C=O) groups excluding carboxylic acids is 1. The summed E-state index contributed by atoms with van der Waals surface area (Å²) >= 11 is 0. The van der Waals surface area contributed by atoms with Crippen LogP contribution in [0.25, 0.3) is 0 Å². The first-order chi connectivity index (χ1) is 15.5. The summed E-state index contributed by atoms with van der Waals surface area (Å²) in [5, 5.41) is 2.70. The maximum absolute atomic E-state index is 12.7. The van der Waals surface area contributed by atoms with Crippen LogP contribution in [0.2, 0.25) is 0 Å². The monoisotopic (exact) mass is 454 g/mol. The van der Waals surface area contributed by atoms with E-state index in [1.54, 1.807) is 36.5 Å². The van der Waals surface area contributed by atoms with Crippen molar-refractivity contribution in [1.29, 1.82) is 0 Å². The molecule has 0 atom stereocenters. The molecule has 0 radical (unpaired) electrons. The molecule has 1 N–H and O–H groups in total. The molecule has 0 bridgehead atoms. The summed E-state index contributed by atoms with van der Waals surface area (Å²) in [6.07, 6.45) is 7.62. The molecule has 2 heterocycles. The summed E-state index contributed by atoms with van der Waals surface area (Å²) in [5.74, 6) is 0.680. The van der Waals surface area contributed by atoms with Crippen LogP contribution < -0.4 is 10.1 Å². The highest BCUT2D eigenvalue weighted by Crippen LogP contribution is 2.27. The van der Waals surface area contributed by atoms with Crippen LogP contribution in [0.15, 0.2) is 70.1 Å². The van der Waals surface area contributed by atoms with Crippen LogP contribution in [0.1, 0.15) is 48.4 Å². The minimum atomic E-state index is -3.57. The number of rotatable bonds is 8. The lowest BCUT2D eigenvalue weighted by Crippen LogP contribution is -2.17. The zero-order valence-corrected chi connectivity index (χ0v) is 18.5. The molecular weight excluding hydrogens is 428 g/mol. The Hall–Kier alpha value is -3.13. The van der Waals surface area contributed by atoms with Gasteiger partial charge in [0.05, 0.1) is 11.5 Å². The van der Waals surface area contributed by atoms with Gasteiger partial charge in [-0.1, -0.05) is 37.5 Å². The van der Waals surface area contributed by atoms with Gasteiger partial charge in [0.2, 0.25) is 0 Å². The van der Waals surface area contributed by atoms with Gasteiger partial charge in [-0.3, -0.25) is 4.79 Å². The molecule has 0 aliphatic heterocycles. The van der Waals surface area contributed by atoms with Gasteiger partial charge < -0.3 is 14.5 Å². The van der Waals surface area contributed by atoms with Crippen LogP contribution in [0, 0.1) is 5.92 Å². The molecule has 168 valence electrons. The minimum Gasteiger partial charge on any atom is -0.489 e. The topological polar surface area (TPSA) is 98.5 Å². The van der Waals surface area contributed by atoms with Gasteiger partial charge in [-0.2, -0.15) is 0 Å². The number of pyridine rings is 1. The van der Waals surface area contributed by atoms with E-state index in [-0.39, 0.29) is 22.2 Å². The number of carbonyl (C=O) groups is 1. The molecular formula is C24H26N2O5S. The van der Waals surface area contributed by atoms with Gasteiger partial charge in [-0.05, 0) is 55.2 Å². The molecule has 0 unspecified atom stereocenters. The van der Waals surface area contributed by atoms with Crippen LogP contribution in [0.3, 0.4) is 0 Å². The second kappa shape index (κ2) is 9.99. The molecule has 1 aliphatic rings. The van der Waals surface area contributed by atoms with Gasteiger partial charge in [-0.25, -0.2) is 13.4 Å². The average Bonchev–Trinajstić information content (AvgIpc) is 3.28. The number of hydrogen-bond donors (Lipinski definition) is 1. The third kappa shape index (κ3) is 5.56. The van der Waals surface area contributed by atoms with Crippen LogP contribution in [0.5, 0.6) is 5.75 Å². The van der Waals surface area contributed by atoms with Crippen molar-refractivity contribution >= 4 is 21.6 Å². The fourth-order valence-electron chi connectivity index (χ4n) is 3.81. The fraction of sp³-hybridized carbons (Fsp3) is 0.333. The number of benzene rings is 1. The lowest BCUT2D eigenvalue weighted by atomic mass is 9.90. The highest BCUT2D eigenvalue weighted by Gasteiger charge is 2.21. The summed E-state index contributed by atoms with van der Waals surface area (Å²) < 4.78 is 36.5. The predicted octanol–water partition coefficient (Wildman–Crippen LogP) is 4.86. The lowest BCUT2D eigenvalue weighted by molar-refractivity contribution is 0.0994. The number of anilines is 1. The smallest absolute Gasteiger partial charge is 0.292 e. The first kappa shape index (κ1) is 22.1. The number of furan rings is 1. The van der Waals surface area contributed by atoms with Crippen molar-refractivity contribution in [3.8, 4) is 5.75 Å². The standard InChI is InChI=1S/C24H26N2O5S/c27-24(22-14-13-19(31-22)17-32(28,29)20-10-5-2-6-11-20)26-23-21(12-7-15-25-23)30-16-18-8-3-1-4-9-18/h2,5-7,10-15,18H,1,3-4,8-9,16-17H2,(H,25,26,27). The number of sulfone groups is 1. The van der Waals surface area contributed by atoms with E-state index in [9.17, 15) is 13.2 Å². The molecule has 1 saturated carbocycles. The molecule has 1 aliphatic carbocycles. The van der Waals surface area contributed by atoms with Crippen LogP contribution in [-0.2, 0) is 15.6 Å². The summed E-state index contributed by atoms with van der Waals surface area (Å²) in [5.41, 5.74) is 0. The first-order valence-corrected chi connectivity index (χ1v) is 12.4. The molecule has 0 spiro atoms. The van der Waals surface area contributed by atoms with E-state index in [0.29, 0.717) is 24.1 Å². The molecule has 2 aromatic heterocycles. The number of nitrogens with zero attached hydrogens (tertiary/aromatic N) is 1. The second-order valence-electron chi connectivity index (χ2n) is 7.96. The van der Waals surface area contributed by atoms with Gasteiger partial charge in [0.15, 0.2) is 27.2 Å². The number of aromatic nitrogens is 1. The number of hydrogen-bond acceptors (Lipinski definition) is 6. The van der Waals surface area contributed by atoms with Gasteiger partial charge in [0.25, 0.3) is 5.91 Å². The maximum Gasteiger partial charge on any atom is 0.292 e. The SMILES string of the molecule is O=C(Nc1ncccc1OCC1CCCCC1)c1ccc(CS(=O)(=O)c2ccccc2)o1. The van der Waals surface area contributed by atoms with Crippen LogP contribution in [0.4, 0.5) is 5.82 Å². The van der Waals surface area contributed by atoms with Gasteiger partial charge >= 0.3 is 0 Å². The Morgan fingerprint density at radius 3 is 2.59 bits per heavy atom. The predicted molar refractivity (Wildman–Crippen MR) is 120 cm³/mol. The molecule has 32 heavy (non-hydrogen) atoms. The van der Waals surface area contributed by atoms with E-state index in [1.807, 2.05) is 0 Å². The van der Waals surface area contributed by atoms with Crippen molar-refractivity contribution < 1.29 is 22.4 Å². The maximum atomic E-state index is 12.7. The van der Waals surface area contributed by atoms with Gasteiger partial charge in [0.1, 0.15) is 11.5 Å². The largest absolute Gasteiger partial charge is 0.489 e. The number of nitrogens with one attached hydrogen (secondary N) is 1. The Morgan fingerprint density at radius 1 is 1.03 bits per heavy atom. The normalized spacial score (nSPS) is 14.8. The first-order valence-electron chi connectivity index (χ1n) is 10.8. The Labute approximate surface area is 187 Å². The van der Waals surface area contributed by atoms with Crippen molar-refractivity contribution in [1.82, 2.24) is 4.98 Å². The summed E-state index contributed by atoms with van der Waals surface area (Å²) in [4.78, 5) is 17.1. The molecule has 1 fully saturated rings. The Bertz CT molecular complexity index is 1150. The third-order valence-corrected chi connectivity index (χ3v) is 7.18. The van der Waals surface area contributed by atoms with E-state index >= 15 is 0 Å². The number of ether oxygens (including phenoxy) is 1. The van der Waals surface area contributed by atoms with E-state index in [4.69, 9.17) is 9.15 Å². The summed E-state index contributed by atoms with van der Waals surface area (Å²) in [6, 6.07) is 14.6. The van der Waals surface area contributed by atoms with Crippen LogP contribution in [-0.4, -0.2) is 25.9 Å². The highest BCUT2D eigenvalue weighted by atomic mass is 32.2. The summed E-state index contributed by atoms with van der Waals surface area (Å²) in [6.45, 7) is 0.594. The van der Waals surface area contributed by atoms with E-state index in [2.05, 4.69) is 10.3 Å². The Kier molecular flexibility index (Phi) is 6.90. The molecule has 1 aromatic carbocycles. The van der Waals surface area contributed by atoms with E-state index in [1.165, 1.54) is 43.5 Å². The second-order valence-corrected chi connectivity index (χ2v) is 9.95. The summed E-state index contributed by atoms with van der Waals surface area (Å²) in [7, 11) is -3.57. The molecule has 1 amide bonds. The molecule has 3 aromatic rings. The molecule has 8 heteroatoms. The highest BCUT2D eigenvalue weighted by molar-refractivity contribution is 7.90. The zero-order chi connectivity index (χ0) is 22.4. The van der Waals surface area contributed by atoms with Crippen molar-refractivity contribution in [2.24, 2.45) is 5.92 Å². The van der Waals surface area contributed by atoms with E-state index < -0.39 is 15.7 Å². The third-order valence-electron chi connectivity index (χ3n) is 5.52. The molecule has 0 saturated heterocycles. The van der Waals surface area contributed by atoms with Crippen molar-refractivity contribution in [2.75, 3.05) is 11.9 Å². The number of amides is 1. The van der Waals surface area contributed by atoms with Gasteiger partial charge in [0, 0.05) is 6.20 Å². The molecule has 4 rings (SSSR count). The minimum absolute atomic E-state index is 0.00662. The Balaban J connectivity index is 1.40. The fourth-order valence-corrected chi connectivity index (χ4v) is 5.08. The molecule has 7 nitrogen and oxygen atoms in total. The average molecular weight is 455 g/mol. The van der Waals surface area contributed by atoms with Crippen molar-refractivity contribution in [3.63, 3.8) is 0 Å². The quantitative estimate of drug-likeness (QED) is 0.522. The van der Waals surface area contributed by atoms with E-state index in [0.717, 1.165) is 12.8 Å².